The lowest BCUT2D eigenvalue weighted by atomic mass is 10.0. The van der Waals surface area contributed by atoms with Crippen molar-refractivity contribution in [2.45, 2.75) is 25.9 Å². The number of H-pyrrole nitrogens is 1. The molecular weight excluding hydrogens is 473 g/mol. The van der Waals surface area contributed by atoms with E-state index in [4.69, 9.17) is 4.74 Å². The molecule has 1 saturated heterocycles. The summed E-state index contributed by atoms with van der Waals surface area (Å²) in [4.78, 5) is 13.3. The van der Waals surface area contributed by atoms with Crippen molar-refractivity contribution in [1.82, 2.24) is 34.7 Å². The van der Waals surface area contributed by atoms with Crippen LogP contribution in [0.1, 0.15) is 18.9 Å². The minimum absolute atomic E-state index is 0.0115. The number of piperazine rings is 1. The van der Waals surface area contributed by atoms with E-state index < -0.39 is 12.6 Å². The van der Waals surface area contributed by atoms with Crippen LogP contribution in [-0.2, 0) is 6.42 Å². The zero-order chi connectivity index (χ0) is 25.3. The van der Waals surface area contributed by atoms with Crippen molar-refractivity contribution >= 4 is 11.3 Å². The molecule has 0 amide bonds. The second-order valence-corrected chi connectivity index (χ2v) is 8.77. The summed E-state index contributed by atoms with van der Waals surface area (Å²) in [5.74, 6) is 0.383. The molecule has 0 aliphatic carbocycles. The highest BCUT2D eigenvalue weighted by molar-refractivity contribution is 5.75. The van der Waals surface area contributed by atoms with E-state index in [1.54, 1.807) is 24.5 Å². The number of halogens is 3. The van der Waals surface area contributed by atoms with Crippen LogP contribution >= 0.6 is 0 Å². The number of nitrogens with zero attached hydrogens (tertiary/aromatic N) is 7. The second kappa shape index (κ2) is 9.76. The molecule has 0 saturated carbocycles. The van der Waals surface area contributed by atoms with Gasteiger partial charge in [0.15, 0.2) is 11.4 Å². The molecule has 0 spiro atoms. The smallest absolute Gasteiger partial charge is 0.393 e. The zero-order valence-corrected chi connectivity index (χ0v) is 20.1. The number of ether oxygens (including phenoxy) is 1. The van der Waals surface area contributed by atoms with Gasteiger partial charge in [-0.05, 0) is 31.2 Å². The number of aromatic nitrogens is 6. The lowest BCUT2D eigenvalue weighted by Gasteiger charge is -2.35. The Morgan fingerprint density at radius 2 is 1.92 bits per heavy atom. The van der Waals surface area contributed by atoms with Gasteiger partial charge in [-0.2, -0.15) is 23.4 Å². The summed E-state index contributed by atoms with van der Waals surface area (Å²) < 4.78 is 47.7. The van der Waals surface area contributed by atoms with Crippen molar-refractivity contribution in [2.24, 2.45) is 0 Å². The fourth-order valence-electron chi connectivity index (χ4n) is 4.63. The molecule has 190 valence electrons. The molecule has 0 unspecified atom stereocenters. The Labute approximate surface area is 205 Å². The maximum absolute atomic E-state index is 13.6. The molecule has 1 fully saturated rings. The van der Waals surface area contributed by atoms with Gasteiger partial charge in [0, 0.05) is 43.5 Å². The lowest BCUT2D eigenvalue weighted by Crippen LogP contribution is -2.46. The first-order chi connectivity index (χ1) is 17.4. The monoisotopic (exact) mass is 500 g/mol. The number of fused-ring (bicyclic) bond motifs is 1. The van der Waals surface area contributed by atoms with Gasteiger partial charge < -0.3 is 9.64 Å². The number of nitrogens with one attached hydrogen (secondary N) is 1. The maximum atomic E-state index is 13.6. The summed E-state index contributed by atoms with van der Waals surface area (Å²) in [6.45, 7) is 7.00. The van der Waals surface area contributed by atoms with Crippen molar-refractivity contribution in [3.05, 3.63) is 42.5 Å². The van der Waals surface area contributed by atoms with Crippen LogP contribution in [-0.4, -0.2) is 80.7 Å². The standard InChI is InChI=1S/C24H27F3N8O/c1-3-6-33-7-9-34(10-8-33)17-4-5-19(28-13-17)22-18(12-24(25,26)27)21(31-32-22)16-11-20(36-2)23-29-15-30-35(23)14-16/h4-5,11,13-15H,3,6-10,12H2,1-2H3,(H,31,32). The Morgan fingerprint density at radius 1 is 1.11 bits per heavy atom. The molecule has 5 heterocycles. The van der Waals surface area contributed by atoms with E-state index in [2.05, 4.69) is 42.0 Å². The normalized spacial score (nSPS) is 15.1. The van der Waals surface area contributed by atoms with Crippen LogP contribution < -0.4 is 9.64 Å². The molecular formula is C24H27F3N8O. The van der Waals surface area contributed by atoms with Gasteiger partial charge >= 0.3 is 6.18 Å². The van der Waals surface area contributed by atoms with Crippen LogP contribution in [0.25, 0.3) is 28.3 Å². The maximum Gasteiger partial charge on any atom is 0.393 e. The Bertz CT molecular complexity index is 1320. The molecule has 5 rings (SSSR count). The number of hydrogen-bond acceptors (Lipinski definition) is 7. The summed E-state index contributed by atoms with van der Waals surface area (Å²) in [6, 6.07) is 5.25. The quantitative estimate of drug-likeness (QED) is 0.413. The largest absolute Gasteiger partial charge is 0.493 e. The predicted octanol–water partition coefficient (Wildman–Crippen LogP) is 3.83. The summed E-state index contributed by atoms with van der Waals surface area (Å²) in [5.41, 5.74) is 2.64. The Kier molecular flexibility index (Phi) is 6.52. The van der Waals surface area contributed by atoms with E-state index in [9.17, 15) is 13.2 Å². The Hall–Kier alpha value is -3.67. The molecule has 12 heteroatoms. The zero-order valence-electron chi connectivity index (χ0n) is 20.1. The summed E-state index contributed by atoms with van der Waals surface area (Å²) >= 11 is 0. The SMILES string of the molecule is CCCN1CCN(c2ccc(-c3[nH]nc(-c4cc(OC)c5ncnn5c4)c3CC(F)(F)F)nc2)CC1. The van der Waals surface area contributed by atoms with Crippen LogP contribution in [0.5, 0.6) is 5.75 Å². The highest BCUT2D eigenvalue weighted by atomic mass is 19.4. The second-order valence-electron chi connectivity index (χ2n) is 8.77. The van der Waals surface area contributed by atoms with Gasteiger partial charge in [0.2, 0.25) is 0 Å². The number of rotatable bonds is 7. The van der Waals surface area contributed by atoms with E-state index in [1.807, 2.05) is 6.07 Å². The van der Waals surface area contributed by atoms with Crippen molar-refractivity contribution in [1.29, 1.82) is 0 Å². The molecule has 0 atom stereocenters. The number of pyridine rings is 2. The van der Waals surface area contributed by atoms with Gasteiger partial charge in [-0.15, -0.1) is 0 Å². The van der Waals surface area contributed by atoms with Gasteiger partial charge in [-0.25, -0.2) is 9.50 Å². The highest BCUT2D eigenvalue weighted by Gasteiger charge is 2.33. The topological polar surface area (TPSA) is 87.5 Å². The number of anilines is 1. The van der Waals surface area contributed by atoms with Crippen LogP contribution in [0.15, 0.2) is 36.9 Å². The number of hydrogen-bond donors (Lipinski definition) is 1. The lowest BCUT2D eigenvalue weighted by molar-refractivity contribution is -0.127. The minimum Gasteiger partial charge on any atom is -0.493 e. The summed E-state index contributed by atoms with van der Waals surface area (Å²) in [6.07, 6.45) is 0.180. The van der Waals surface area contributed by atoms with Crippen molar-refractivity contribution in [3.63, 3.8) is 0 Å². The predicted molar refractivity (Wildman–Crippen MR) is 129 cm³/mol. The molecule has 1 aliphatic rings. The summed E-state index contributed by atoms with van der Waals surface area (Å²) in [5, 5.41) is 11.1. The van der Waals surface area contributed by atoms with Crippen LogP contribution in [0, 0.1) is 0 Å². The molecule has 0 bridgehead atoms. The molecule has 0 aromatic carbocycles. The van der Waals surface area contributed by atoms with Crippen molar-refractivity contribution < 1.29 is 17.9 Å². The number of aromatic amines is 1. The van der Waals surface area contributed by atoms with Crippen LogP contribution in [0.2, 0.25) is 0 Å². The average molecular weight is 501 g/mol. The molecule has 1 N–H and O–H groups in total. The molecule has 1 aliphatic heterocycles. The van der Waals surface area contributed by atoms with Crippen LogP contribution in [0.3, 0.4) is 0 Å². The Balaban J connectivity index is 1.47. The molecule has 9 nitrogen and oxygen atoms in total. The average Bonchev–Trinajstić information content (AvgIpc) is 3.50. The fraction of sp³-hybridized carbons (Fsp3) is 0.417. The fourth-order valence-corrected chi connectivity index (χ4v) is 4.63. The molecule has 4 aromatic rings. The molecule has 0 radical (unpaired) electrons. The van der Waals surface area contributed by atoms with Crippen molar-refractivity contribution in [2.75, 3.05) is 44.7 Å². The van der Waals surface area contributed by atoms with Gasteiger partial charge in [0.05, 0.1) is 42.5 Å². The van der Waals surface area contributed by atoms with Gasteiger partial charge in [-0.1, -0.05) is 6.92 Å². The summed E-state index contributed by atoms with van der Waals surface area (Å²) in [7, 11) is 1.47. The number of alkyl halides is 3. The first-order valence-electron chi connectivity index (χ1n) is 11.8. The Morgan fingerprint density at radius 3 is 2.58 bits per heavy atom. The van der Waals surface area contributed by atoms with Gasteiger partial charge in [0.1, 0.15) is 6.33 Å². The molecule has 4 aromatic heterocycles. The van der Waals surface area contributed by atoms with Gasteiger partial charge in [-0.3, -0.25) is 15.0 Å². The highest BCUT2D eigenvalue weighted by Crippen LogP contribution is 2.36. The first kappa shape index (κ1) is 24.0. The van der Waals surface area contributed by atoms with Gasteiger partial charge in [0.25, 0.3) is 0 Å². The van der Waals surface area contributed by atoms with E-state index in [0.29, 0.717) is 22.7 Å². The first-order valence-corrected chi connectivity index (χ1v) is 11.8. The van der Waals surface area contributed by atoms with E-state index in [0.717, 1.165) is 44.8 Å². The van der Waals surface area contributed by atoms with Crippen molar-refractivity contribution in [3.8, 4) is 28.4 Å². The van der Waals surface area contributed by atoms with E-state index in [-0.39, 0.29) is 17.0 Å². The third-order valence-corrected chi connectivity index (χ3v) is 6.36. The third kappa shape index (κ3) is 4.85. The molecule has 36 heavy (non-hydrogen) atoms. The van der Waals surface area contributed by atoms with E-state index >= 15 is 0 Å². The third-order valence-electron chi connectivity index (χ3n) is 6.36. The minimum atomic E-state index is -4.44. The van der Waals surface area contributed by atoms with Crippen LogP contribution in [0.4, 0.5) is 18.9 Å². The van der Waals surface area contributed by atoms with E-state index in [1.165, 1.54) is 18.0 Å². The number of methoxy groups -OCH3 is 1.